The molecule has 7 heteroatoms. The highest BCUT2D eigenvalue weighted by Gasteiger charge is 2.38. The van der Waals surface area contributed by atoms with Crippen LogP contribution >= 0.6 is 7.60 Å². The maximum atomic E-state index is 13.7. The van der Waals surface area contributed by atoms with Gasteiger partial charge in [-0.05, 0) is 39.2 Å². The van der Waals surface area contributed by atoms with Crippen molar-refractivity contribution >= 4 is 13.2 Å². The number of rotatable bonds is 13. The van der Waals surface area contributed by atoms with E-state index in [2.05, 4.69) is 25.0 Å². The minimum atomic E-state index is -3.31. The third kappa shape index (κ3) is 5.63. The Labute approximate surface area is 163 Å². The lowest BCUT2D eigenvalue weighted by atomic mass is 10.1. The molecule has 0 N–H and O–H groups in total. The van der Waals surface area contributed by atoms with E-state index >= 15 is 0 Å². The van der Waals surface area contributed by atoms with Gasteiger partial charge in [-0.2, -0.15) is 5.10 Å². The number of aryl methyl sites for hydroxylation is 1. The molecule has 2 aromatic rings. The van der Waals surface area contributed by atoms with Crippen LogP contribution in [-0.4, -0.2) is 27.8 Å². The zero-order valence-electron chi connectivity index (χ0n) is 17.2. The van der Waals surface area contributed by atoms with E-state index in [0.29, 0.717) is 13.2 Å². The van der Waals surface area contributed by atoms with Gasteiger partial charge in [-0.1, -0.05) is 39.5 Å². The Morgan fingerprint density at radius 3 is 2.41 bits per heavy atom. The molecule has 2 rings (SSSR count). The van der Waals surface area contributed by atoms with Gasteiger partial charge in [0.15, 0.2) is 5.65 Å². The smallest absolute Gasteiger partial charge is 0.308 e. The maximum Gasteiger partial charge on any atom is 0.339 e. The van der Waals surface area contributed by atoms with Crippen LogP contribution in [0.5, 0.6) is 0 Å². The molecule has 0 aliphatic carbocycles. The van der Waals surface area contributed by atoms with Crippen LogP contribution in [0.1, 0.15) is 83.3 Å². The standard InChI is InChI=1S/C20H34N3O3P/c1-5-9-11-13-19(27(24,25-7-3)26-8-4)18-16-17(12-10-6-2)22-20-14-15-21-23(18)20/h14-16,19H,5-13H2,1-4H3. The Bertz CT molecular complexity index is 737. The number of hydrogen-bond acceptors (Lipinski definition) is 5. The summed E-state index contributed by atoms with van der Waals surface area (Å²) >= 11 is 0. The third-order valence-electron chi connectivity index (χ3n) is 4.65. The highest BCUT2D eigenvalue weighted by Crippen LogP contribution is 2.62. The van der Waals surface area contributed by atoms with Gasteiger partial charge in [-0.25, -0.2) is 9.50 Å². The largest absolute Gasteiger partial charge is 0.339 e. The van der Waals surface area contributed by atoms with Crippen molar-refractivity contribution in [2.24, 2.45) is 0 Å². The topological polar surface area (TPSA) is 65.7 Å². The fraction of sp³-hybridized carbons (Fsp3) is 0.700. The summed E-state index contributed by atoms with van der Waals surface area (Å²) in [6.45, 7) is 8.77. The first-order valence-corrected chi connectivity index (χ1v) is 11.9. The molecule has 0 aliphatic heterocycles. The van der Waals surface area contributed by atoms with Crippen molar-refractivity contribution in [1.29, 1.82) is 0 Å². The summed E-state index contributed by atoms with van der Waals surface area (Å²) in [7, 11) is -3.31. The van der Waals surface area contributed by atoms with Gasteiger partial charge in [-0.3, -0.25) is 4.57 Å². The molecule has 0 aliphatic rings. The van der Waals surface area contributed by atoms with E-state index in [0.717, 1.165) is 62.0 Å². The molecule has 2 aromatic heterocycles. The van der Waals surface area contributed by atoms with E-state index in [4.69, 9.17) is 14.0 Å². The van der Waals surface area contributed by atoms with Crippen LogP contribution in [0, 0.1) is 0 Å². The Kier molecular flexibility index (Phi) is 8.94. The van der Waals surface area contributed by atoms with Gasteiger partial charge in [0.1, 0.15) is 5.66 Å². The Morgan fingerprint density at radius 2 is 1.78 bits per heavy atom. The molecular weight excluding hydrogens is 361 g/mol. The van der Waals surface area contributed by atoms with Gasteiger partial charge in [0, 0.05) is 11.8 Å². The van der Waals surface area contributed by atoms with E-state index in [9.17, 15) is 4.57 Å². The quantitative estimate of drug-likeness (QED) is 0.309. The van der Waals surface area contributed by atoms with Crippen LogP contribution in [0.15, 0.2) is 18.3 Å². The molecule has 0 saturated carbocycles. The van der Waals surface area contributed by atoms with E-state index in [1.54, 1.807) is 10.7 Å². The van der Waals surface area contributed by atoms with E-state index in [1.807, 2.05) is 19.9 Å². The van der Waals surface area contributed by atoms with Crippen LogP contribution < -0.4 is 0 Å². The van der Waals surface area contributed by atoms with E-state index in [-0.39, 0.29) is 5.66 Å². The second kappa shape index (κ2) is 10.9. The molecule has 0 bridgehead atoms. The minimum Gasteiger partial charge on any atom is -0.308 e. The highest BCUT2D eigenvalue weighted by molar-refractivity contribution is 7.54. The molecule has 0 spiro atoms. The molecule has 0 radical (unpaired) electrons. The molecule has 0 aromatic carbocycles. The summed E-state index contributed by atoms with van der Waals surface area (Å²) in [6, 6.07) is 3.95. The van der Waals surface area contributed by atoms with E-state index in [1.165, 1.54) is 0 Å². The van der Waals surface area contributed by atoms with Crippen LogP contribution in [0.3, 0.4) is 0 Å². The Hall–Kier alpha value is -1.23. The maximum absolute atomic E-state index is 13.7. The van der Waals surface area contributed by atoms with Crippen molar-refractivity contribution in [3.63, 3.8) is 0 Å². The second-order valence-electron chi connectivity index (χ2n) is 6.76. The average Bonchev–Trinajstić information content (AvgIpc) is 3.12. The molecule has 0 amide bonds. The lowest BCUT2D eigenvalue weighted by molar-refractivity contribution is 0.209. The number of nitrogens with zero attached hydrogens (tertiary/aromatic N) is 3. The number of fused-ring (bicyclic) bond motifs is 1. The molecule has 0 saturated heterocycles. The normalized spacial score (nSPS) is 13.3. The van der Waals surface area contributed by atoms with Gasteiger partial charge in [0.05, 0.1) is 25.1 Å². The van der Waals surface area contributed by atoms with Gasteiger partial charge in [0.2, 0.25) is 0 Å². The summed E-state index contributed by atoms with van der Waals surface area (Å²) in [4.78, 5) is 4.72. The first-order chi connectivity index (χ1) is 13.1. The predicted molar refractivity (Wildman–Crippen MR) is 109 cm³/mol. The number of aromatic nitrogens is 3. The molecule has 27 heavy (non-hydrogen) atoms. The summed E-state index contributed by atoms with van der Waals surface area (Å²) in [6.07, 6.45) is 8.74. The molecule has 152 valence electrons. The fourth-order valence-corrected chi connectivity index (χ4v) is 5.51. The monoisotopic (exact) mass is 395 g/mol. The van der Waals surface area contributed by atoms with Crippen molar-refractivity contribution in [3.8, 4) is 0 Å². The van der Waals surface area contributed by atoms with Crippen LogP contribution in [-0.2, 0) is 20.0 Å². The second-order valence-corrected chi connectivity index (χ2v) is 8.98. The van der Waals surface area contributed by atoms with Crippen molar-refractivity contribution < 1.29 is 13.6 Å². The van der Waals surface area contributed by atoms with Gasteiger partial charge < -0.3 is 9.05 Å². The Morgan fingerprint density at radius 1 is 1.07 bits per heavy atom. The lowest BCUT2D eigenvalue weighted by Gasteiger charge is -2.27. The number of unbranched alkanes of at least 4 members (excludes halogenated alkanes) is 3. The molecular formula is C20H34N3O3P. The molecule has 6 nitrogen and oxygen atoms in total. The summed E-state index contributed by atoms with van der Waals surface area (Å²) in [5.41, 5.74) is 2.35. The number of hydrogen-bond donors (Lipinski definition) is 0. The minimum absolute atomic E-state index is 0.338. The van der Waals surface area contributed by atoms with Crippen molar-refractivity contribution in [1.82, 2.24) is 14.6 Å². The lowest BCUT2D eigenvalue weighted by Crippen LogP contribution is -2.13. The SMILES string of the molecule is CCCCCC(c1cc(CCCC)nc2ccnn12)P(=O)(OCC)OCC. The van der Waals surface area contributed by atoms with Gasteiger partial charge in [0.25, 0.3) is 0 Å². The third-order valence-corrected chi connectivity index (χ3v) is 7.17. The van der Waals surface area contributed by atoms with Crippen molar-refractivity contribution in [2.45, 2.75) is 78.3 Å². The molecule has 1 atom stereocenters. The first-order valence-electron chi connectivity index (χ1n) is 10.3. The highest BCUT2D eigenvalue weighted by atomic mass is 31.2. The molecule has 0 fully saturated rings. The van der Waals surface area contributed by atoms with E-state index < -0.39 is 7.60 Å². The molecule has 2 heterocycles. The van der Waals surface area contributed by atoms with Gasteiger partial charge in [-0.15, -0.1) is 0 Å². The fourth-order valence-electron chi connectivity index (χ4n) is 3.35. The Balaban J connectivity index is 2.52. The average molecular weight is 395 g/mol. The van der Waals surface area contributed by atoms with Crippen LogP contribution in [0.4, 0.5) is 0 Å². The van der Waals surface area contributed by atoms with Crippen molar-refractivity contribution in [3.05, 3.63) is 29.7 Å². The summed E-state index contributed by atoms with van der Waals surface area (Å²) < 4.78 is 27.0. The predicted octanol–water partition coefficient (Wildman–Crippen LogP) is 5.96. The summed E-state index contributed by atoms with van der Waals surface area (Å²) in [5, 5.41) is 4.44. The van der Waals surface area contributed by atoms with Crippen LogP contribution in [0.2, 0.25) is 0 Å². The first kappa shape index (κ1) is 22.1. The summed E-state index contributed by atoms with van der Waals surface area (Å²) in [5.74, 6) is 0. The molecule has 1 unspecified atom stereocenters. The van der Waals surface area contributed by atoms with Crippen molar-refractivity contribution in [2.75, 3.05) is 13.2 Å². The van der Waals surface area contributed by atoms with Gasteiger partial charge >= 0.3 is 7.60 Å². The zero-order chi connectivity index (χ0) is 19.7. The zero-order valence-corrected chi connectivity index (χ0v) is 18.1. The van der Waals surface area contributed by atoms with Crippen LogP contribution in [0.25, 0.3) is 5.65 Å².